The van der Waals surface area contributed by atoms with Crippen molar-refractivity contribution in [2.45, 2.75) is 11.3 Å². The highest BCUT2D eigenvalue weighted by Gasteiger charge is 2.40. The number of anilines is 1. The highest BCUT2D eigenvalue weighted by molar-refractivity contribution is 7.92. The third-order valence-corrected chi connectivity index (χ3v) is 4.71. The van der Waals surface area contributed by atoms with Crippen molar-refractivity contribution in [3.8, 4) is 17.2 Å². The van der Waals surface area contributed by atoms with Crippen LogP contribution in [0, 0.1) is 23.3 Å². The van der Waals surface area contributed by atoms with Gasteiger partial charge in [0.2, 0.25) is 17.4 Å². The molecule has 1 N–H and O–H groups in total. The molecule has 0 aliphatic carbocycles. The summed E-state index contributed by atoms with van der Waals surface area (Å²) in [6, 6.07) is 3.27. The maximum atomic E-state index is 14.0. The zero-order valence-corrected chi connectivity index (χ0v) is 15.1. The molecular weight excluding hydrogens is 439 g/mol. The first-order valence-electron chi connectivity index (χ1n) is 7.19. The van der Waals surface area contributed by atoms with Crippen LogP contribution in [-0.4, -0.2) is 29.0 Å². The van der Waals surface area contributed by atoms with E-state index in [2.05, 4.69) is 4.74 Å². The van der Waals surface area contributed by atoms with Crippen LogP contribution in [0.1, 0.15) is 0 Å². The van der Waals surface area contributed by atoms with E-state index in [0.717, 1.165) is 12.1 Å². The van der Waals surface area contributed by atoms with Gasteiger partial charge in [-0.3, -0.25) is 4.72 Å². The lowest BCUT2D eigenvalue weighted by molar-refractivity contribution is -0.276. The highest BCUT2D eigenvalue weighted by atomic mass is 32.2. The van der Waals surface area contributed by atoms with Gasteiger partial charge in [0.25, 0.3) is 10.0 Å². The Kier molecular flexibility index (Phi) is 6.06. The van der Waals surface area contributed by atoms with E-state index in [1.807, 2.05) is 0 Å². The first-order chi connectivity index (χ1) is 13.3. The van der Waals surface area contributed by atoms with Gasteiger partial charge in [-0.15, -0.1) is 13.2 Å². The molecule has 29 heavy (non-hydrogen) atoms. The smallest absolute Gasteiger partial charge is 0.493 e. The van der Waals surface area contributed by atoms with Crippen molar-refractivity contribution in [1.29, 1.82) is 0 Å². The molecule has 0 unspecified atom stereocenters. The van der Waals surface area contributed by atoms with E-state index in [0.29, 0.717) is 0 Å². The van der Waals surface area contributed by atoms with Crippen molar-refractivity contribution in [3.63, 3.8) is 0 Å². The molecular formula is C15H10F7NO5S. The van der Waals surface area contributed by atoms with E-state index in [9.17, 15) is 39.2 Å². The zero-order valence-electron chi connectivity index (χ0n) is 14.3. The van der Waals surface area contributed by atoms with Gasteiger partial charge in [-0.1, -0.05) is 0 Å². The van der Waals surface area contributed by atoms with Crippen LogP contribution in [0.25, 0.3) is 0 Å². The Bertz CT molecular complexity index is 1010. The van der Waals surface area contributed by atoms with Crippen molar-refractivity contribution < 1.29 is 53.4 Å². The number of benzene rings is 2. The minimum absolute atomic E-state index is 0.0140. The van der Waals surface area contributed by atoms with Crippen molar-refractivity contribution in [2.75, 3.05) is 18.9 Å². The molecule has 14 heteroatoms. The fraction of sp³-hybridized carbons (Fsp3) is 0.200. The highest BCUT2D eigenvalue weighted by Crippen LogP contribution is 2.37. The largest absolute Gasteiger partial charge is 0.573 e. The summed E-state index contributed by atoms with van der Waals surface area (Å²) in [6.07, 6.45) is -5.70. The van der Waals surface area contributed by atoms with E-state index in [4.69, 9.17) is 9.47 Å². The maximum Gasteiger partial charge on any atom is 0.573 e. The molecule has 2 aromatic carbocycles. The van der Waals surface area contributed by atoms with Crippen molar-refractivity contribution in [2.24, 2.45) is 0 Å². The summed E-state index contributed by atoms with van der Waals surface area (Å²) in [6.45, 7) is 0. The van der Waals surface area contributed by atoms with E-state index < -0.39 is 50.3 Å². The number of halogens is 7. The second kappa shape index (κ2) is 7.85. The van der Waals surface area contributed by atoms with Gasteiger partial charge in [0.15, 0.2) is 28.0 Å². The van der Waals surface area contributed by atoms with E-state index >= 15 is 0 Å². The number of sulfonamides is 1. The summed E-state index contributed by atoms with van der Waals surface area (Å²) in [4.78, 5) is -2.18. The lowest BCUT2D eigenvalue weighted by atomic mass is 10.3. The van der Waals surface area contributed by atoms with Crippen LogP contribution in [0.5, 0.6) is 17.2 Å². The number of hydrogen-bond donors (Lipinski definition) is 1. The molecule has 2 aromatic rings. The van der Waals surface area contributed by atoms with E-state index in [1.165, 1.54) is 20.3 Å². The molecule has 0 amide bonds. The first kappa shape index (κ1) is 22.4. The average Bonchev–Trinajstić information content (AvgIpc) is 2.62. The Labute approximate surface area is 158 Å². The molecule has 0 radical (unpaired) electrons. The predicted octanol–water partition coefficient (Wildman–Crippen LogP) is 3.96. The second-order valence-electron chi connectivity index (χ2n) is 5.14. The predicted molar refractivity (Wildman–Crippen MR) is 83.3 cm³/mol. The summed E-state index contributed by atoms with van der Waals surface area (Å²) in [7, 11) is -2.88. The van der Waals surface area contributed by atoms with Crippen molar-refractivity contribution >= 4 is 15.7 Å². The molecule has 2 rings (SSSR count). The number of hydrogen-bond acceptors (Lipinski definition) is 5. The SMILES string of the molecule is COc1ccc(NS(=O)(=O)c2c(F)c(F)c(OC(F)(F)F)c(F)c2F)cc1OC. The number of alkyl halides is 3. The fourth-order valence-corrected chi connectivity index (χ4v) is 3.33. The zero-order chi connectivity index (χ0) is 22.1. The van der Waals surface area contributed by atoms with Gasteiger partial charge >= 0.3 is 6.36 Å². The molecule has 0 bridgehead atoms. The van der Waals surface area contributed by atoms with Gasteiger partial charge in [-0.25, -0.2) is 17.2 Å². The molecule has 0 fully saturated rings. The van der Waals surface area contributed by atoms with Gasteiger partial charge in [0.05, 0.1) is 19.9 Å². The molecule has 160 valence electrons. The first-order valence-corrected chi connectivity index (χ1v) is 8.67. The second-order valence-corrected chi connectivity index (χ2v) is 6.76. The summed E-state index contributed by atoms with van der Waals surface area (Å²) < 4.78 is 131. The molecule has 6 nitrogen and oxygen atoms in total. The fourth-order valence-electron chi connectivity index (χ4n) is 2.14. The molecule has 0 spiro atoms. The minimum atomic E-state index is -5.70. The maximum absolute atomic E-state index is 14.0. The van der Waals surface area contributed by atoms with Crippen LogP contribution in [0.15, 0.2) is 23.1 Å². The Morgan fingerprint density at radius 1 is 0.862 bits per heavy atom. The number of methoxy groups -OCH3 is 2. The van der Waals surface area contributed by atoms with Crippen LogP contribution in [0.2, 0.25) is 0 Å². The quantitative estimate of drug-likeness (QED) is 0.534. The summed E-state index contributed by atoms with van der Waals surface area (Å²) in [5.74, 6) is -12.9. The lowest BCUT2D eigenvalue weighted by Gasteiger charge is -2.15. The van der Waals surface area contributed by atoms with Gasteiger partial charge < -0.3 is 14.2 Å². The van der Waals surface area contributed by atoms with Gasteiger partial charge in [-0.05, 0) is 12.1 Å². The van der Waals surface area contributed by atoms with Crippen molar-refractivity contribution in [1.82, 2.24) is 0 Å². The van der Waals surface area contributed by atoms with Crippen LogP contribution in [0.3, 0.4) is 0 Å². The van der Waals surface area contributed by atoms with Crippen LogP contribution < -0.4 is 18.9 Å². The normalized spacial score (nSPS) is 11.9. The van der Waals surface area contributed by atoms with Gasteiger partial charge in [-0.2, -0.15) is 8.78 Å². The van der Waals surface area contributed by atoms with Crippen molar-refractivity contribution in [3.05, 3.63) is 41.5 Å². The van der Waals surface area contributed by atoms with E-state index in [-0.39, 0.29) is 17.2 Å². The Hall–Kier alpha value is -2.90. The minimum Gasteiger partial charge on any atom is -0.493 e. The monoisotopic (exact) mass is 449 g/mol. The average molecular weight is 449 g/mol. The Morgan fingerprint density at radius 2 is 1.38 bits per heavy atom. The number of nitrogens with one attached hydrogen (secondary N) is 1. The van der Waals surface area contributed by atoms with Gasteiger partial charge in [0, 0.05) is 6.07 Å². The summed E-state index contributed by atoms with van der Waals surface area (Å²) in [5.41, 5.74) is -0.363. The third kappa shape index (κ3) is 4.58. The third-order valence-electron chi connectivity index (χ3n) is 3.31. The molecule has 0 aliphatic rings. The number of ether oxygens (including phenoxy) is 3. The summed E-state index contributed by atoms with van der Waals surface area (Å²) in [5, 5.41) is 0. The molecule has 0 saturated heterocycles. The summed E-state index contributed by atoms with van der Waals surface area (Å²) >= 11 is 0. The van der Waals surface area contributed by atoms with Crippen LogP contribution in [0.4, 0.5) is 36.4 Å². The van der Waals surface area contributed by atoms with Gasteiger partial charge in [0.1, 0.15) is 0 Å². The molecule has 0 saturated carbocycles. The lowest BCUT2D eigenvalue weighted by Crippen LogP contribution is -2.23. The molecule has 0 aromatic heterocycles. The van der Waals surface area contributed by atoms with Crippen LogP contribution in [-0.2, 0) is 10.0 Å². The molecule has 0 aliphatic heterocycles. The van der Waals surface area contributed by atoms with E-state index in [1.54, 1.807) is 4.72 Å². The molecule has 0 heterocycles. The molecule has 0 atom stereocenters. The van der Waals surface area contributed by atoms with Crippen LogP contribution >= 0.6 is 0 Å². The topological polar surface area (TPSA) is 73.9 Å². The standard InChI is InChI=1S/C15H10F7NO5S/c1-26-7-4-3-6(5-8(7)27-2)23-29(24,25)14-11(18)9(16)13(10(17)12(14)19)28-15(20,21)22/h3-5,23H,1-2H3. The number of rotatable bonds is 6. The Morgan fingerprint density at radius 3 is 1.83 bits per heavy atom. The Balaban J connectivity index is 2.56.